The Morgan fingerprint density at radius 3 is 2.18 bits per heavy atom. The number of imidazole rings is 2. The Bertz CT molecular complexity index is 725. The Morgan fingerprint density at radius 2 is 1.64 bits per heavy atom. The molecular weight excluding hydrogens is 272 g/mol. The monoisotopic (exact) mass is 294 g/mol. The molecule has 114 valence electrons. The van der Waals surface area contributed by atoms with E-state index in [0.29, 0.717) is 11.8 Å². The first-order valence-electron chi connectivity index (χ1n) is 7.76. The largest absolute Gasteiger partial charge is 0.342 e. The molecule has 4 heteroatoms. The van der Waals surface area contributed by atoms with Gasteiger partial charge in [0.2, 0.25) is 0 Å². The molecule has 2 heterocycles. The van der Waals surface area contributed by atoms with Crippen molar-refractivity contribution in [3.05, 3.63) is 54.1 Å². The highest BCUT2D eigenvalue weighted by molar-refractivity contribution is 5.57. The highest BCUT2D eigenvalue weighted by Crippen LogP contribution is 2.33. The molecule has 0 fully saturated rings. The Labute approximate surface area is 131 Å². The predicted octanol–water partition coefficient (Wildman–Crippen LogP) is 4.51. The number of aromatic amines is 1. The smallest absolute Gasteiger partial charge is 0.180 e. The van der Waals surface area contributed by atoms with Gasteiger partial charge in [-0.2, -0.15) is 0 Å². The standard InChI is InChI=1S/C18H22N4/c1-12(2)14-6-5-7-15(13(3)4)16(14)22-11-10-21-18(22)17-19-8-9-20-17/h5-13H,1-4H3,(H,19,20). The third kappa shape index (κ3) is 2.45. The molecule has 3 aromatic rings. The first-order chi connectivity index (χ1) is 10.6. The second-order valence-electron chi connectivity index (χ2n) is 6.15. The van der Waals surface area contributed by atoms with E-state index in [2.05, 4.69) is 65.4 Å². The fourth-order valence-electron chi connectivity index (χ4n) is 2.84. The Morgan fingerprint density at radius 1 is 0.955 bits per heavy atom. The molecule has 0 bridgehead atoms. The lowest BCUT2D eigenvalue weighted by molar-refractivity contribution is 0.805. The predicted molar refractivity (Wildman–Crippen MR) is 89.3 cm³/mol. The molecule has 1 N–H and O–H groups in total. The second-order valence-corrected chi connectivity index (χ2v) is 6.15. The maximum atomic E-state index is 4.51. The Kier molecular flexibility index (Phi) is 3.84. The van der Waals surface area contributed by atoms with Crippen LogP contribution in [0.3, 0.4) is 0 Å². The van der Waals surface area contributed by atoms with Gasteiger partial charge in [-0.1, -0.05) is 45.9 Å². The molecule has 0 saturated heterocycles. The van der Waals surface area contributed by atoms with E-state index in [9.17, 15) is 0 Å². The minimum Gasteiger partial charge on any atom is -0.342 e. The van der Waals surface area contributed by atoms with Crippen molar-refractivity contribution < 1.29 is 0 Å². The van der Waals surface area contributed by atoms with Crippen molar-refractivity contribution in [2.24, 2.45) is 0 Å². The third-order valence-electron chi connectivity index (χ3n) is 3.93. The molecule has 0 spiro atoms. The quantitative estimate of drug-likeness (QED) is 0.769. The normalized spacial score (nSPS) is 11.5. The van der Waals surface area contributed by atoms with Gasteiger partial charge in [-0.05, 0) is 23.0 Å². The molecule has 0 amide bonds. The van der Waals surface area contributed by atoms with Crippen molar-refractivity contribution >= 4 is 0 Å². The average molecular weight is 294 g/mol. The molecule has 3 rings (SSSR count). The average Bonchev–Trinajstić information content (AvgIpc) is 3.16. The lowest BCUT2D eigenvalue weighted by Crippen LogP contribution is -2.08. The van der Waals surface area contributed by atoms with Crippen LogP contribution in [0.1, 0.15) is 50.7 Å². The summed E-state index contributed by atoms with van der Waals surface area (Å²) < 4.78 is 2.16. The zero-order valence-corrected chi connectivity index (χ0v) is 13.5. The van der Waals surface area contributed by atoms with Crippen LogP contribution < -0.4 is 0 Å². The summed E-state index contributed by atoms with van der Waals surface area (Å²) in [5, 5.41) is 0. The maximum absolute atomic E-state index is 4.51. The molecule has 0 atom stereocenters. The summed E-state index contributed by atoms with van der Waals surface area (Å²) in [6, 6.07) is 6.56. The van der Waals surface area contributed by atoms with Crippen molar-refractivity contribution in [3.63, 3.8) is 0 Å². The number of rotatable bonds is 4. The van der Waals surface area contributed by atoms with Crippen LogP contribution in [-0.2, 0) is 0 Å². The molecule has 2 aromatic heterocycles. The van der Waals surface area contributed by atoms with Crippen LogP contribution in [0.4, 0.5) is 0 Å². The molecule has 1 aromatic carbocycles. The van der Waals surface area contributed by atoms with Gasteiger partial charge in [0.1, 0.15) is 0 Å². The highest BCUT2D eigenvalue weighted by atomic mass is 15.1. The SMILES string of the molecule is CC(C)c1cccc(C(C)C)c1-n1ccnc1-c1ncc[nH]1. The van der Waals surface area contributed by atoms with E-state index in [1.54, 1.807) is 6.20 Å². The minimum atomic E-state index is 0.445. The fraction of sp³-hybridized carbons (Fsp3) is 0.333. The number of nitrogens with one attached hydrogen (secondary N) is 1. The number of aromatic nitrogens is 4. The molecule has 0 aliphatic rings. The number of H-pyrrole nitrogens is 1. The first kappa shape index (κ1) is 14.6. The molecular formula is C18H22N4. The van der Waals surface area contributed by atoms with E-state index < -0.39 is 0 Å². The van der Waals surface area contributed by atoms with E-state index >= 15 is 0 Å². The van der Waals surface area contributed by atoms with Crippen LogP contribution in [0.15, 0.2) is 43.0 Å². The van der Waals surface area contributed by atoms with E-state index in [0.717, 1.165) is 11.6 Å². The lowest BCUT2D eigenvalue weighted by Gasteiger charge is -2.21. The topological polar surface area (TPSA) is 46.5 Å². The van der Waals surface area contributed by atoms with E-state index in [1.807, 2.05) is 18.6 Å². The molecule has 0 unspecified atom stereocenters. The molecule has 4 nitrogen and oxygen atoms in total. The van der Waals surface area contributed by atoms with Gasteiger partial charge in [0.15, 0.2) is 11.6 Å². The van der Waals surface area contributed by atoms with E-state index in [-0.39, 0.29) is 0 Å². The lowest BCUT2D eigenvalue weighted by atomic mass is 9.92. The van der Waals surface area contributed by atoms with Crippen molar-refractivity contribution in [2.45, 2.75) is 39.5 Å². The summed E-state index contributed by atoms with van der Waals surface area (Å²) in [5.74, 6) is 2.53. The number of para-hydroxylation sites is 1. The van der Waals surface area contributed by atoms with E-state index in [1.165, 1.54) is 16.8 Å². The number of benzene rings is 1. The third-order valence-corrected chi connectivity index (χ3v) is 3.93. The Balaban J connectivity index is 2.27. The molecule has 0 radical (unpaired) electrons. The summed E-state index contributed by atoms with van der Waals surface area (Å²) in [5.41, 5.74) is 3.89. The number of hydrogen-bond donors (Lipinski definition) is 1. The number of nitrogens with zero attached hydrogens (tertiary/aromatic N) is 3. The fourth-order valence-corrected chi connectivity index (χ4v) is 2.84. The van der Waals surface area contributed by atoms with Gasteiger partial charge < -0.3 is 4.98 Å². The van der Waals surface area contributed by atoms with Crippen LogP contribution in [0, 0.1) is 0 Å². The minimum absolute atomic E-state index is 0.445. The van der Waals surface area contributed by atoms with Gasteiger partial charge in [-0.3, -0.25) is 4.57 Å². The molecule has 0 saturated carbocycles. The van der Waals surface area contributed by atoms with Gasteiger partial charge >= 0.3 is 0 Å². The van der Waals surface area contributed by atoms with Gasteiger partial charge in [0.25, 0.3) is 0 Å². The van der Waals surface area contributed by atoms with Crippen molar-refractivity contribution in [3.8, 4) is 17.3 Å². The zero-order valence-electron chi connectivity index (χ0n) is 13.5. The summed E-state index contributed by atoms with van der Waals surface area (Å²) in [4.78, 5) is 12.0. The van der Waals surface area contributed by atoms with Crippen molar-refractivity contribution in [1.82, 2.24) is 19.5 Å². The molecule has 0 aliphatic heterocycles. The molecule has 22 heavy (non-hydrogen) atoms. The van der Waals surface area contributed by atoms with Crippen LogP contribution in [0.5, 0.6) is 0 Å². The molecule has 0 aliphatic carbocycles. The highest BCUT2D eigenvalue weighted by Gasteiger charge is 2.19. The first-order valence-corrected chi connectivity index (χ1v) is 7.76. The van der Waals surface area contributed by atoms with Crippen LogP contribution in [0.2, 0.25) is 0 Å². The van der Waals surface area contributed by atoms with E-state index in [4.69, 9.17) is 0 Å². The van der Waals surface area contributed by atoms with Crippen molar-refractivity contribution in [1.29, 1.82) is 0 Å². The second kappa shape index (κ2) is 5.79. The van der Waals surface area contributed by atoms with Crippen LogP contribution in [0.25, 0.3) is 17.3 Å². The summed E-state index contributed by atoms with van der Waals surface area (Å²) in [6.45, 7) is 8.91. The van der Waals surface area contributed by atoms with Gasteiger partial charge in [0.05, 0.1) is 5.69 Å². The van der Waals surface area contributed by atoms with Gasteiger partial charge in [-0.15, -0.1) is 0 Å². The zero-order chi connectivity index (χ0) is 15.7. The van der Waals surface area contributed by atoms with Gasteiger partial charge in [-0.25, -0.2) is 9.97 Å². The van der Waals surface area contributed by atoms with Crippen LogP contribution >= 0.6 is 0 Å². The van der Waals surface area contributed by atoms with Crippen LogP contribution in [-0.4, -0.2) is 19.5 Å². The Hall–Kier alpha value is -2.36. The van der Waals surface area contributed by atoms with Crippen molar-refractivity contribution in [2.75, 3.05) is 0 Å². The number of hydrogen-bond acceptors (Lipinski definition) is 2. The summed E-state index contributed by atoms with van der Waals surface area (Å²) in [7, 11) is 0. The van der Waals surface area contributed by atoms with Gasteiger partial charge in [0, 0.05) is 24.8 Å². The summed E-state index contributed by atoms with van der Waals surface area (Å²) in [6.07, 6.45) is 7.43. The maximum Gasteiger partial charge on any atom is 0.180 e. The summed E-state index contributed by atoms with van der Waals surface area (Å²) >= 11 is 0.